The topological polar surface area (TPSA) is 81.1 Å². The molecule has 6 nitrogen and oxygen atoms in total. The first kappa shape index (κ1) is 25.7. The summed E-state index contributed by atoms with van der Waals surface area (Å²) in [7, 11) is 0. The van der Waals surface area contributed by atoms with Gasteiger partial charge in [0.2, 0.25) is 0 Å². The van der Waals surface area contributed by atoms with Crippen LogP contribution in [0.3, 0.4) is 0 Å². The summed E-state index contributed by atoms with van der Waals surface area (Å²) in [5.74, 6) is -3.65. The van der Waals surface area contributed by atoms with Crippen molar-refractivity contribution < 1.29 is 19.8 Å². The molecule has 8 heteroatoms. The molecular weight excluding hydrogens is 475 g/mol. The molecule has 1 heterocycles. The van der Waals surface area contributed by atoms with E-state index in [9.17, 15) is 0 Å². The average Bonchev–Trinajstić information content (AvgIpc) is 2.84. The fraction of sp³-hybridized carbons (Fsp3) is 0.231. The van der Waals surface area contributed by atoms with Crippen LogP contribution in [0.25, 0.3) is 0 Å². The van der Waals surface area contributed by atoms with Crippen molar-refractivity contribution in [2.75, 3.05) is 26.2 Å². The standard InChI is InChI=1S/C24H24Cl2N2.C2H2O4/c25-22-12-11-21(23(26)17-22)18-27-13-15-28(16-14-27)24(19-7-3-1-4-8-19)20-9-5-2-6-10-20;3-1(4)2(5)6/h1-12,17,24H,13-16,18H2;(H,3,4)(H,5,6). The number of benzene rings is 3. The lowest BCUT2D eigenvalue weighted by Crippen LogP contribution is -2.47. The monoisotopic (exact) mass is 500 g/mol. The van der Waals surface area contributed by atoms with E-state index in [4.69, 9.17) is 43.0 Å². The molecule has 1 fully saturated rings. The van der Waals surface area contributed by atoms with Gasteiger partial charge in [0.25, 0.3) is 0 Å². The van der Waals surface area contributed by atoms with Crippen molar-refractivity contribution in [2.45, 2.75) is 12.6 Å². The van der Waals surface area contributed by atoms with Crippen LogP contribution in [-0.4, -0.2) is 58.1 Å². The molecule has 34 heavy (non-hydrogen) atoms. The number of carboxylic acids is 2. The number of nitrogens with zero attached hydrogens (tertiary/aromatic N) is 2. The van der Waals surface area contributed by atoms with Gasteiger partial charge in [-0.1, -0.05) is 89.9 Å². The van der Waals surface area contributed by atoms with E-state index < -0.39 is 11.9 Å². The van der Waals surface area contributed by atoms with E-state index in [1.807, 2.05) is 18.2 Å². The Morgan fingerprint density at radius 1 is 0.765 bits per heavy atom. The van der Waals surface area contributed by atoms with Gasteiger partial charge in [0, 0.05) is 42.8 Å². The molecule has 0 unspecified atom stereocenters. The molecule has 0 radical (unpaired) electrons. The average molecular weight is 501 g/mol. The van der Waals surface area contributed by atoms with Crippen molar-refractivity contribution in [1.82, 2.24) is 9.80 Å². The molecule has 3 aromatic carbocycles. The van der Waals surface area contributed by atoms with Gasteiger partial charge in [-0.2, -0.15) is 0 Å². The molecule has 0 amide bonds. The highest BCUT2D eigenvalue weighted by atomic mass is 35.5. The number of carbonyl (C=O) groups is 2. The summed E-state index contributed by atoms with van der Waals surface area (Å²) >= 11 is 12.4. The fourth-order valence-electron chi connectivity index (χ4n) is 3.96. The van der Waals surface area contributed by atoms with E-state index in [0.29, 0.717) is 11.1 Å². The number of hydrogen-bond donors (Lipinski definition) is 2. The maximum Gasteiger partial charge on any atom is 0.414 e. The Morgan fingerprint density at radius 2 is 1.26 bits per heavy atom. The molecule has 4 rings (SSSR count). The zero-order valence-electron chi connectivity index (χ0n) is 18.5. The van der Waals surface area contributed by atoms with Crippen LogP contribution < -0.4 is 0 Å². The maximum absolute atomic E-state index is 9.10. The van der Waals surface area contributed by atoms with Gasteiger partial charge < -0.3 is 10.2 Å². The minimum atomic E-state index is -1.82. The molecule has 3 aromatic rings. The first-order valence-electron chi connectivity index (χ1n) is 10.8. The quantitative estimate of drug-likeness (QED) is 0.476. The van der Waals surface area contributed by atoms with Crippen LogP contribution in [0.5, 0.6) is 0 Å². The van der Waals surface area contributed by atoms with Gasteiger partial charge in [-0.25, -0.2) is 9.59 Å². The number of rotatable bonds is 5. The highest BCUT2D eigenvalue weighted by Crippen LogP contribution is 2.30. The number of halogens is 2. The van der Waals surface area contributed by atoms with E-state index in [2.05, 4.69) is 70.5 Å². The molecule has 1 aliphatic heterocycles. The van der Waals surface area contributed by atoms with Crippen molar-refractivity contribution in [3.63, 3.8) is 0 Å². The van der Waals surface area contributed by atoms with Gasteiger partial charge in [-0.15, -0.1) is 0 Å². The summed E-state index contributed by atoms with van der Waals surface area (Å²) in [5.41, 5.74) is 3.84. The van der Waals surface area contributed by atoms with E-state index >= 15 is 0 Å². The van der Waals surface area contributed by atoms with Crippen LogP contribution in [-0.2, 0) is 16.1 Å². The van der Waals surface area contributed by atoms with Crippen LogP contribution in [0.15, 0.2) is 78.9 Å². The molecule has 0 saturated carbocycles. The van der Waals surface area contributed by atoms with Crippen molar-refractivity contribution >= 4 is 35.1 Å². The van der Waals surface area contributed by atoms with Gasteiger partial charge in [-0.3, -0.25) is 9.80 Å². The van der Waals surface area contributed by atoms with Crippen LogP contribution in [0.2, 0.25) is 10.0 Å². The first-order valence-corrected chi connectivity index (χ1v) is 11.6. The SMILES string of the molecule is Clc1ccc(CN2CCN(C(c3ccccc3)c3ccccc3)CC2)c(Cl)c1.O=C(O)C(=O)O. The summed E-state index contributed by atoms with van der Waals surface area (Å²) in [6, 6.07) is 27.7. The third kappa shape index (κ3) is 7.30. The summed E-state index contributed by atoms with van der Waals surface area (Å²) in [6.45, 7) is 4.97. The fourth-order valence-corrected chi connectivity index (χ4v) is 4.42. The minimum Gasteiger partial charge on any atom is -0.473 e. The Bertz CT molecular complexity index is 1040. The number of hydrogen-bond acceptors (Lipinski definition) is 4. The Balaban J connectivity index is 0.000000481. The molecule has 0 bridgehead atoms. The Hall–Kier alpha value is -2.90. The number of carboxylic acid groups (broad SMARTS) is 2. The maximum atomic E-state index is 9.10. The molecule has 1 aliphatic rings. The molecule has 0 atom stereocenters. The molecule has 2 N–H and O–H groups in total. The second-order valence-corrected chi connectivity index (χ2v) is 8.73. The Labute approximate surface area is 209 Å². The lowest BCUT2D eigenvalue weighted by molar-refractivity contribution is -0.159. The molecule has 0 aliphatic carbocycles. The summed E-state index contributed by atoms with van der Waals surface area (Å²) in [5, 5.41) is 16.2. The number of piperazine rings is 1. The van der Waals surface area contributed by atoms with Crippen LogP contribution >= 0.6 is 23.2 Å². The van der Waals surface area contributed by atoms with E-state index in [1.165, 1.54) is 11.1 Å². The smallest absolute Gasteiger partial charge is 0.414 e. The van der Waals surface area contributed by atoms with Gasteiger partial charge in [0.1, 0.15) is 0 Å². The van der Waals surface area contributed by atoms with Crippen molar-refractivity contribution in [2.24, 2.45) is 0 Å². The second-order valence-electron chi connectivity index (χ2n) is 7.88. The largest absolute Gasteiger partial charge is 0.473 e. The van der Waals surface area contributed by atoms with E-state index in [-0.39, 0.29) is 0 Å². The predicted octanol–water partition coefficient (Wildman–Crippen LogP) is 5.06. The summed E-state index contributed by atoms with van der Waals surface area (Å²) in [4.78, 5) is 23.3. The highest BCUT2D eigenvalue weighted by Gasteiger charge is 2.26. The molecular formula is C26H26Cl2N2O4. The molecule has 178 valence electrons. The van der Waals surface area contributed by atoms with Crippen molar-refractivity contribution in [1.29, 1.82) is 0 Å². The van der Waals surface area contributed by atoms with Crippen molar-refractivity contribution in [3.05, 3.63) is 106 Å². The Kier molecular flexibility index (Phi) is 9.48. The normalized spacial score (nSPS) is 14.3. The molecule has 1 saturated heterocycles. The summed E-state index contributed by atoms with van der Waals surface area (Å²) < 4.78 is 0. The second kappa shape index (κ2) is 12.5. The van der Waals surface area contributed by atoms with Gasteiger partial charge in [-0.05, 0) is 28.8 Å². The van der Waals surface area contributed by atoms with Gasteiger partial charge in [0.05, 0.1) is 6.04 Å². The first-order chi connectivity index (χ1) is 16.3. The molecule has 0 aromatic heterocycles. The van der Waals surface area contributed by atoms with E-state index in [0.717, 1.165) is 43.3 Å². The van der Waals surface area contributed by atoms with Gasteiger partial charge >= 0.3 is 11.9 Å². The van der Waals surface area contributed by atoms with Crippen molar-refractivity contribution in [3.8, 4) is 0 Å². The lowest BCUT2D eigenvalue weighted by Gasteiger charge is -2.40. The van der Waals surface area contributed by atoms with Crippen LogP contribution in [0.4, 0.5) is 0 Å². The molecule has 0 spiro atoms. The minimum absolute atomic E-state index is 0.295. The zero-order valence-corrected chi connectivity index (χ0v) is 20.0. The Morgan fingerprint density at radius 3 is 1.71 bits per heavy atom. The lowest BCUT2D eigenvalue weighted by atomic mass is 9.96. The van der Waals surface area contributed by atoms with Crippen LogP contribution in [0, 0.1) is 0 Å². The predicted molar refractivity (Wildman–Crippen MR) is 133 cm³/mol. The summed E-state index contributed by atoms with van der Waals surface area (Å²) in [6.07, 6.45) is 0. The zero-order chi connectivity index (χ0) is 24.5. The third-order valence-electron chi connectivity index (χ3n) is 5.59. The van der Waals surface area contributed by atoms with Gasteiger partial charge in [0.15, 0.2) is 0 Å². The number of aliphatic carboxylic acids is 2. The third-order valence-corrected chi connectivity index (χ3v) is 6.18. The van der Waals surface area contributed by atoms with E-state index in [1.54, 1.807) is 0 Å². The highest BCUT2D eigenvalue weighted by molar-refractivity contribution is 6.35. The van der Waals surface area contributed by atoms with Crippen LogP contribution in [0.1, 0.15) is 22.7 Å².